The Morgan fingerprint density at radius 2 is 2.29 bits per heavy atom. The lowest BCUT2D eigenvalue weighted by atomic mass is 10.2. The highest BCUT2D eigenvalue weighted by Gasteiger charge is 2.23. The molecule has 6 nitrogen and oxygen atoms in total. The predicted octanol–water partition coefficient (Wildman–Crippen LogP) is 1.44. The van der Waals surface area contributed by atoms with E-state index in [0.717, 1.165) is 10.9 Å². The van der Waals surface area contributed by atoms with Gasteiger partial charge >= 0.3 is 0 Å². The van der Waals surface area contributed by atoms with Gasteiger partial charge in [0, 0.05) is 0 Å². The fourth-order valence-corrected chi connectivity index (χ4v) is 1.29. The lowest BCUT2D eigenvalue weighted by Gasteiger charge is -2.06. The van der Waals surface area contributed by atoms with Gasteiger partial charge in [0.05, 0.1) is 10.6 Å². The van der Waals surface area contributed by atoms with Gasteiger partial charge in [0.1, 0.15) is 11.8 Å². The number of pyridine rings is 1. The maximum Gasteiger partial charge on any atom is 0.298 e. The Kier molecular flexibility index (Phi) is 1.63. The van der Waals surface area contributed by atoms with Crippen molar-refractivity contribution in [3.8, 4) is 11.4 Å². The van der Waals surface area contributed by atoms with Crippen LogP contribution in [0.3, 0.4) is 0 Å². The van der Waals surface area contributed by atoms with E-state index >= 15 is 0 Å². The summed E-state index contributed by atoms with van der Waals surface area (Å²) in [5.41, 5.74) is 0.816. The summed E-state index contributed by atoms with van der Waals surface area (Å²) < 4.78 is 0.836. The van der Waals surface area contributed by atoms with E-state index < -0.39 is 4.92 Å². The van der Waals surface area contributed by atoms with Crippen molar-refractivity contribution in [2.24, 2.45) is 0 Å². The first-order chi connectivity index (χ1) is 6.61. The molecule has 0 spiro atoms. The van der Waals surface area contributed by atoms with Gasteiger partial charge in [0.25, 0.3) is 5.69 Å². The zero-order chi connectivity index (χ0) is 10.3. The highest BCUT2D eigenvalue weighted by molar-refractivity contribution is 5.70. The normalized spacial score (nSPS) is 10.6. The molecule has 2 rings (SSSR count). The first-order valence-corrected chi connectivity index (χ1v) is 3.92. The van der Waals surface area contributed by atoms with E-state index in [-0.39, 0.29) is 11.5 Å². The molecule has 0 saturated heterocycles. The van der Waals surface area contributed by atoms with Crippen molar-refractivity contribution in [2.45, 2.75) is 6.92 Å². The Bertz CT molecular complexity index is 477. The van der Waals surface area contributed by atoms with Crippen LogP contribution in [0.2, 0.25) is 0 Å². The van der Waals surface area contributed by atoms with Gasteiger partial charge in [-0.2, -0.15) is 4.73 Å². The molecule has 0 saturated carbocycles. The molecule has 0 radical (unpaired) electrons. The molecule has 14 heavy (non-hydrogen) atoms. The second-order valence-corrected chi connectivity index (χ2v) is 2.92. The highest BCUT2D eigenvalue weighted by Crippen LogP contribution is 2.30. The van der Waals surface area contributed by atoms with E-state index in [1.807, 2.05) is 0 Å². The third-order valence-corrected chi connectivity index (χ3v) is 2.05. The Morgan fingerprint density at radius 1 is 1.57 bits per heavy atom. The van der Waals surface area contributed by atoms with Gasteiger partial charge in [0.15, 0.2) is 5.82 Å². The standard InChI is InChI=1S/C8H7N3O3/c1-5-2-3-6-7(11(13)14)4-9-8(6)10(5)12/h2-4,12H,1H3. The fourth-order valence-electron chi connectivity index (χ4n) is 1.29. The summed E-state index contributed by atoms with van der Waals surface area (Å²) in [7, 11) is 0. The zero-order valence-corrected chi connectivity index (χ0v) is 7.34. The number of rotatable bonds is 1. The minimum absolute atomic E-state index is 0.0946. The van der Waals surface area contributed by atoms with E-state index in [4.69, 9.17) is 0 Å². The number of aryl methyl sites for hydroxylation is 1. The highest BCUT2D eigenvalue weighted by atomic mass is 16.6. The Morgan fingerprint density at radius 3 is 2.93 bits per heavy atom. The van der Waals surface area contributed by atoms with Crippen LogP contribution in [0, 0.1) is 17.0 Å². The molecule has 2 aliphatic heterocycles. The molecule has 0 bridgehead atoms. The van der Waals surface area contributed by atoms with Gasteiger partial charge < -0.3 is 5.21 Å². The summed E-state index contributed by atoms with van der Waals surface area (Å²) in [6, 6.07) is 3.17. The van der Waals surface area contributed by atoms with E-state index in [0.29, 0.717) is 11.3 Å². The molecule has 0 atom stereocenters. The van der Waals surface area contributed by atoms with Crippen LogP contribution in [-0.2, 0) is 0 Å². The van der Waals surface area contributed by atoms with E-state index in [1.54, 1.807) is 19.1 Å². The van der Waals surface area contributed by atoms with E-state index in [9.17, 15) is 15.3 Å². The smallest absolute Gasteiger partial charge is 0.298 e. The van der Waals surface area contributed by atoms with Crippen LogP contribution < -0.4 is 0 Å². The molecule has 0 amide bonds. The SMILES string of the molecule is Cc1ccc2c([N+](=O)[O-])cnc-2n1O. The van der Waals surface area contributed by atoms with Crippen molar-refractivity contribution in [1.29, 1.82) is 0 Å². The maximum absolute atomic E-state index is 10.5. The van der Waals surface area contributed by atoms with Crippen LogP contribution in [0.25, 0.3) is 11.4 Å². The minimum Gasteiger partial charge on any atom is -0.427 e. The number of aromatic nitrogens is 2. The number of nitrogens with zero attached hydrogens (tertiary/aromatic N) is 3. The average Bonchev–Trinajstić information content (AvgIpc) is 2.55. The number of hydrogen-bond donors (Lipinski definition) is 1. The van der Waals surface area contributed by atoms with Crippen molar-refractivity contribution < 1.29 is 10.1 Å². The van der Waals surface area contributed by atoms with E-state index in [2.05, 4.69) is 4.98 Å². The fraction of sp³-hybridized carbons (Fsp3) is 0.125. The predicted molar refractivity (Wildman–Crippen MR) is 47.4 cm³/mol. The molecule has 72 valence electrons. The van der Waals surface area contributed by atoms with Gasteiger partial charge in [-0.25, -0.2) is 4.98 Å². The number of nitro groups is 1. The van der Waals surface area contributed by atoms with Gasteiger partial charge in [-0.05, 0) is 19.1 Å². The Hall–Kier alpha value is -2.11. The van der Waals surface area contributed by atoms with Crippen LogP contribution in [0.5, 0.6) is 0 Å². The monoisotopic (exact) mass is 193 g/mol. The molecular formula is C8H7N3O3. The minimum atomic E-state index is -0.523. The largest absolute Gasteiger partial charge is 0.427 e. The van der Waals surface area contributed by atoms with Gasteiger partial charge in [-0.1, -0.05) is 0 Å². The van der Waals surface area contributed by atoms with Crippen molar-refractivity contribution >= 4 is 5.69 Å². The second-order valence-electron chi connectivity index (χ2n) is 2.92. The molecule has 0 aliphatic carbocycles. The van der Waals surface area contributed by atoms with Crippen LogP contribution in [0.15, 0.2) is 18.3 Å². The molecule has 2 heterocycles. The molecule has 0 aromatic rings. The van der Waals surface area contributed by atoms with Crippen molar-refractivity contribution in [2.75, 3.05) is 0 Å². The molecular weight excluding hydrogens is 186 g/mol. The summed E-state index contributed by atoms with van der Waals surface area (Å²) >= 11 is 0. The van der Waals surface area contributed by atoms with Gasteiger partial charge in [-0.15, -0.1) is 0 Å². The third-order valence-electron chi connectivity index (χ3n) is 2.05. The molecule has 1 N–H and O–H groups in total. The van der Waals surface area contributed by atoms with Crippen LogP contribution >= 0.6 is 0 Å². The molecule has 0 aromatic carbocycles. The first kappa shape index (κ1) is 8.49. The molecule has 0 aromatic heterocycles. The van der Waals surface area contributed by atoms with Crippen LogP contribution in [0.4, 0.5) is 5.69 Å². The Balaban J connectivity index is 2.73. The van der Waals surface area contributed by atoms with Crippen molar-refractivity contribution in [3.05, 3.63) is 34.1 Å². The lowest BCUT2D eigenvalue weighted by Crippen LogP contribution is -2.02. The van der Waals surface area contributed by atoms with Crippen molar-refractivity contribution in [3.63, 3.8) is 0 Å². The lowest BCUT2D eigenvalue weighted by molar-refractivity contribution is -0.384. The maximum atomic E-state index is 10.5. The summed E-state index contributed by atoms with van der Waals surface area (Å²) in [4.78, 5) is 13.8. The number of hydrogen-bond acceptors (Lipinski definition) is 4. The Labute approximate surface area is 78.9 Å². The third kappa shape index (κ3) is 1.00. The first-order valence-electron chi connectivity index (χ1n) is 3.92. The molecule has 0 fully saturated rings. The van der Waals surface area contributed by atoms with Crippen molar-refractivity contribution in [1.82, 2.24) is 9.71 Å². The summed E-state index contributed by atoms with van der Waals surface area (Å²) in [5.74, 6) is 0.205. The molecule has 0 unspecified atom stereocenters. The topological polar surface area (TPSA) is 81.2 Å². The molecule has 6 heteroatoms. The zero-order valence-electron chi connectivity index (χ0n) is 7.34. The van der Waals surface area contributed by atoms with E-state index in [1.165, 1.54) is 0 Å². The second kappa shape index (κ2) is 2.69. The summed E-state index contributed by atoms with van der Waals surface area (Å²) in [6.45, 7) is 1.68. The summed E-state index contributed by atoms with van der Waals surface area (Å²) in [5, 5.41) is 20.0. The van der Waals surface area contributed by atoms with Crippen LogP contribution in [-0.4, -0.2) is 19.8 Å². The average molecular weight is 193 g/mol. The molecule has 2 aliphatic rings. The number of fused-ring (bicyclic) bond motifs is 1. The van der Waals surface area contributed by atoms with Gasteiger partial charge in [-0.3, -0.25) is 10.1 Å². The quantitative estimate of drug-likeness (QED) is 0.422. The van der Waals surface area contributed by atoms with Crippen LogP contribution in [0.1, 0.15) is 5.69 Å². The van der Waals surface area contributed by atoms with Gasteiger partial charge in [0.2, 0.25) is 0 Å². The summed E-state index contributed by atoms with van der Waals surface area (Å²) in [6.07, 6.45) is 1.14.